The van der Waals surface area contributed by atoms with E-state index < -0.39 is 23.6 Å². The maximum absolute atomic E-state index is 12.9. The summed E-state index contributed by atoms with van der Waals surface area (Å²) < 4.78 is 50.1. The third-order valence-electron chi connectivity index (χ3n) is 2.11. The van der Waals surface area contributed by atoms with Gasteiger partial charge in [-0.1, -0.05) is 18.8 Å². The van der Waals surface area contributed by atoms with E-state index in [1.165, 1.54) is 6.07 Å². The van der Waals surface area contributed by atoms with Crippen molar-refractivity contribution in [1.29, 1.82) is 0 Å². The van der Waals surface area contributed by atoms with Gasteiger partial charge in [-0.15, -0.1) is 0 Å². The molecule has 0 heterocycles. The van der Waals surface area contributed by atoms with Crippen LogP contribution in [0.4, 0.5) is 17.6 Å². The van der Waals surface area contributed by atoms with Gasteiger partial charge < -0.3 is 5.73 Å². The highest BCUT2D eigenvalue weighted by atomic mass is 19.4. The number of nitrogens with two attached hydrogens (primary N) is 1. The first-order valence-electron chi connectivity index (χ1n) is 4.98. The molecule has 2 N–H and O–H groups in total. The maximum atomic E-state index is 12.9. The van der Waals surface area contributed by atoms with Crippen LogP contribution in [0.1, 0.15) is 24.5 Å². The minimum absolute atomic E-state index is 0.0997. The van der Waals surface area contributed by atoms with Crippen LogP contribution in [0, 0.1) is 17.7 Å². The molecule has 17 heavy (non-hydrogen) atoms. The minimum Gasteiger partial charge on any atom is -0.318 e. The van der Waals surface area contributed by atoms with Crippen molar-refractivity contribution in [3.8, 4) is 11.8 Å². The van der Waals surface area contributed by atoms with Gasteiger partial charge in [0, 0.05) is 5.56 Å². The van der Waals surface area contributed by atoms with Crippen LogP contribution in [0.3, 0.4) is 0 Å². The second kappa shape index (κ2) is 5.19. The average Bonchev–Trinajstić information content (AvgIpc) is 2.26. The highest BCUT2D eigenvalue weighted by Gasteiger charge is 2.34. The molecule has 0 saturated carbocycles. The van der Waals surface area contributed by atoms with Crippen molar-refractivity contribution in [2.24, 2.45) is 5.73 Å². The lowest BCUT2D eigenvalue weighted by atomic mass is 10.1. The van der Waals surface area contributed by atoms with Crippen LogP contribution in [0.2, 0.25) is 0 Å². The van der Waals surface area contributed by atoms with Gasteiger partial charge in [0.2, 0.25) is 0 Å². The summed E-state index contributed by atoms with van der Waals surface area (Å²) in [5.41, 5.74) is 4.29. The predicted octanol–water partition coefficient (Wildman–Crippen LogP) is 2.93. The van der Waals surface area contributed by atoms with Crippen LogP contribution >= 0.6 is 0 Å². The Kier molecular flexibility index (Phi) is 4.13. The molecule has 92 valence electrons. The predicted molar refractivity (Wildman–Crippen MR) is 56.5 cm³/mol. The van der Waals surface area contributed by atoms with Crippen molar-refractivity contribution in [1.82, 2.24) is 0 Å². The lowest BCUT2D eigenvalue weighted by Crippen LogP contribution is -2.15. The molecular formula is C12H11F4N. The fourth-order valence-electron chi connectivity index (χ4n) is 1.10. The number of rotatable bonds is 1. The molecule has 1 unspecified atom stereocenters. The Balaban J connectivity index is 3.08. The quantitative estimate of drug-likeness (QED) is 0.597. The SMILES string of the molecule is CCC(N)C#Cc1ccc(F)c(C(F)(F)F)c1. The van der Waals surface area contributed by atoms with Crippen molar-refractivity contribution in [2.45, 2.75) is 25.6 Å². The first kappa shape index (κ1) is 13.5. The van der Waals surface area contributed by atoms with E-state index in [1.54, 1.807) is 0 Å². The summed E-state index contributed by atoms with van der Waals surface area (Å²) in [5.74, 6) is 3.78. The molecule has 1 aromatic rings. The topological polar surface area (TPSA) is 26.0 Å². The average molecular weight is 245 g/mol. The second-order valence-electron chi connectivity index (χ2n) is 3.48. The van der Waals surface area contributed by atoms with Crippen molar-refractivity contribution in [3.05, 3.63) is 35.1 Å². The van der Waals surface area contributed by atoms with Gasteiger partial charge in [-0.2, -0.15) is 13.2 Å². The Morgan fingerprint density at radius 1 is 1.35 bits per heavy atom. The van der Waals surface area contributed by atoms with Crippen LogP contribution in [0.25, 0.3) is 0 Å². The molecular weight excluding hydrogens is 234 g/mol. The zero-order valence-electron chi connectivity index (χ0n) is 9.11. The van der Waals surface area contributed by atoms with E-state index in [1.807, 2.05) is 6.92 Å². The van der Waals surface area contributed by atoms with Crippen molar-refractivity contribution in [3.63, 3.8) is 0 Å². The molecule has 1 nitrogen and oxygen atoms in total. The second-order valence-corrected chi connectivity index (χ2v) is 3.48. The van der Waals surface area contributed by atoms with Crippen LogP contribution < -0.4 is 5.73 Å². The number of halogens is 4. The summed E-state index contributed by atoms with van der Waals surface area (Å²) in [6, 6.07) is 2.24. The van der Waals surface area contributed by atoms with Crippen molar-refractivity contribution in [2.75, 3.05) is 0 Å². The molecule has 0 aromatic heterocycles. The molecule has 1 rings (SSSR count). The summed E-state index contributed by atoms with van der Waals surface area (Å²) in [7, 11) is 0. The van der Waals surface area contributed by atoms with Gasteiger partial charge in [0.15, 0.2) is 0 Å². The van der Waals surface area contributed by atoms with Gasteiger partial charge in [-0.25, -0.2) is 4.39 Å². The van der Waals surface area contributed by atoms with E-state index in [0.717, 1.165) is 6.07 Å². The highest BCUT2D eigenvalue weighted by molar-refractivity contribution is 5.39. The van der Waals surface area contributed by atoms with E-state index in [0.29, 0.717) is 12.5 Å². The zero-order chi connectivity index (χ0) is 13.1. The van der Waals surface area contributed by atoms with Crippen LogP contribution in [-0.2, 0) is 6.18 Å². The Labute approximate surface area is 96.6 Å². The van der Waals surface area contributed by atoms with E-state index in [4.69, 9.17) is 5.73 Å². The van der Waals surface area contributed by atoms with E-state index in [9.17, 15) is 17.6 Å². The third-order valence-corrected chi connectivity index (χ3v) is 2.11. The molecule has 0 saturated heterocycles. The molecule has 1 atom stereocenters. The van der Waals surface area contributed by atoms with Crippen LogP contribution in [0.15, 0.2) is 18.2 Å². The van der Waals surface area contributed by atoms with Gasteiger partial charge in [-0.05, 0) is 24.6 Å². The monoisotopic (exact) mass is 245 g/mol. The Morgan fingerprint density at radius 3 is 2.53 bits per heavy atom. The molecule has 0 radical (unpaired) electrons. The molecule has 5 heteroatoms. The van der Waals surface area contributed by atoms with Gasteiger partial charge in [0.05, 0.1) is 11.6 Å². The highest BCUT2D eigenvalue weighted by Crippen LogP contribution is 2.31. The van der Waals surface area contributed by atoms with Gasteiger partial charge >= 0.3 is 6.18 Å². The number of benzene rings is 1. The summed E-state index contributed by atoms with van der Waals surface area (Å²) in [4.78, 5) is 0. The Morgan fingerprint density at radius 2 is 2.00 bits per heavy atom. The molecule has 0 fully saturated rings. The summed E-state index contributed by atoms with van der Waals surface area (Å²) in [6.07, 6.45) is -4.12. The number of hydrogen-bond acceptors (Lipinski definition) is 1. The first-order chi connectivity index (χ1) is 7.84. The van der Waals surface area contributed by atoms with Crippen LogP contribution in [0.5, 0.6) is 0 Å². The lowest BCUT2D eigenvalue weighted by Gasteiger charge is -2.07. The minimum atomic E-state index is -4.71. The molecule has 0 bridgehead atoms. The zero-order valence-corrected chi connectivity index (χ0v) is 9.11. The Hall–Kier alpha value is -1.54. The van der Waals surface area contributed by atoms with Gasteiger partial charge in [0.25, 0.3) is 0 Å². The smallest absolute Gasteiger partial charge is 0.318 e. The molecule has 0 aliphatic heterocycles. The van der Waals surface area contributed by atoms with Crippen molar-refractivity contribution >= 4 is 0 Å². The van der Waals surface area contributed by atoms with Gasteiger partial charge in [-0.3, -0.25) is 0 Å². The molecule has 0 amide bonds. The normalized spacial score (nSPS) is 12.8. The van der Waals surface area contributed by atoms with Gasteiger partial charge in [0.1, 0.15) is 5.82 Å². The van der Waals surface area contributed by atoms with E-state index in [2.05, 4.69) is 11.8 Å². The van der Waals surface area contributed by atoms with Crippen LogP contribution in [-0.4, -0.2) is 6.04 Å². The summed E-state index contributed by atoms with van der Waals surface area (Å²) in [6.45, 7) is 1.81. The Bertz CT molecular complexity index is 454. The summed E-state index contributed by atoms with van der Waals surface area (Å²) in [5, 5.41) is 0. The molecule has 0 aliphatic carbocycles. The third kappa shape index (κ3) is 3.75. The fraction of sp³-hybridized carbons (Fsp3) is 0.333. The maximum Gasteiger partial charge on any atom is 0.419 e. The number of hydrogen-bond donors (Lipinski definition) is 1. The molecule has 0 aliphatic rings. The largest absolute Gasteiger partial charge is 0.419 e. The molecule has 0 spiro atoms. The first-order valence-corrected chi connectivity index (χ1v) is 4.98. The van der Waals surface area contributed by atoms with E-state index in [-0.39, 0.29) is 5.56 Å². The molecule has 1 aromatic carbocycles. The fourth-order valence-corrected chi connectivity index (χ4v) is 1.10. The number of alkyl halides is 3. The lowest BCUT2D eigenvalue weighted by molar-refractivity contribution is -0.140. The van der Waals surface area contributed by atoms with Crippen molar-refractivity contribution < 1.29 is 17.6 Å². The standard InChI is InChI=1S/C12H11F4N/c1-2-9(17)5-3-8-4-6-11(13)10(7-8)12(14,15)16/h4,6-7,9H,2,17H2,1H3. The van der Waals surface area contributed by atoms with E-state index >= 15 is 0 Å². The summed E-state index contributed by atoms with van der Waals surface area (Å²) >= 11 is 0.